The molecule has 0 spiro atoms. The first-order chi connectivity index (χ1) is 14.4. The number of thioether (sulfide) groups is 1. The summed E-state index contributed by atoms with van der Waals surface area (Å²) in [6.07, 6.45) is 0.118. The molecule has 154 valence electrons. The summed E-state index contributed by atoms with van der Waals surface area (Å²) in [4.78, 5) is 32.6. The van der Waals surface area contributed by atoms with E-state index >= 15 is 0 Å². The maximum absolute atomic E-state index is 13.1. The van der Waals surface area contributed by atoms with Crippen molar-refractivity contribution in [2.24, 2.45) is 0 Å². The molecule has 6 nitrogen and oxygen atoms in total. The van der Waals surface area contributed by atoms with Crippen LogP contribution in [0.5, 0.6) is 5.75 Å². The van der Waals surface area contributed by atoms with Gasteiger partial charge in [0.25, 0.3) is 5.56 Å². The second-order valence-corrected chi connectivity index (χ2v) is 8.62. The first-order valence-electron chi connectivity index (χ1n) is 9.09. The Balaban J connectivity index is 1.69. The van der Waals surface area contributed by atoms with Crippen LogP contribution in [0.2, 0.25) is 0 Å². The van der Waals surface area contributed by atoms with Gasteiger partial charge in [-0.05, 0) is 35.9 Å². The monoisotopic (exact) mass is 489 g/mol. The zero-order chi connectivity index (χ0) is 21.3. The van der Waals surface area contributed by atoms with E-state index in [9.17, 15) is 14.0 Å². The number of hydrogen-bond acceptors (Lipinski definition) is 5. The third-order valence-corrected chi connectivity index (χ3v) is 6.22. The minimum absolute atomic E-state index is 0.118. The smallest absolute Gasteiger partial charge is 0.257 e. The first-order valence-corrected chi connectivity index (χ1v) is 10.9. The Morgan fingerprint density at radius 3 is 2.73 bits per heavy atom. The van der Waals surface area contributed by atoms with E-state index in [1.807, 2.05) is 12.1 Å². The summed E-state index contributed by atoms with van der Waals surface area (Å²) < 4.78 is 19.3. The number of carbonyl (C=O) groups excluding carboxylic acids is 1. The summed E-state index contributed by atoms with van der Waals surface area (Å²) in [5.41, 5.74) is 1.72. The zero-order valence-corrected chi connectivity index (χ0v) is 18.3. The number of carbonyl (C=O) groups is 1. The average Bonchev–Trinajstić information content (AvgIpc) is 2.72. The van der Waals surface area contributed by atoms with Crippen LogP contribution in [0.3, 0.4) is 0 Å². The van der Waals surface area contributed by atoms with Crippen molar-refractivity contribution < 1.29 is 13.9 Å². The number of fused-ring (bicyclic) bond motifs is 1. The number of anilines is 1. The number of benzene rings is 2. The van der Waals surface area contributed by atoms with E-state index < -0.39 is 5.92 Å². The summed E-state index contributed by atoms with van der Waals surface area (Å²) in [7, 11) is 1.55. The lowest BCUT2D eigenvalue weighted by molar-refractivity contribution is -0.116. The van der Waals surface area contributed by atoms with Crippen LogP contribution in [0.25, 0.3) is 0 Å². The molecule has 2 N–H and O–H groups in total. The quantitative estimate of drug-likeness (QED) is 0.408. The van der Waals surface area contributed by atoms with Crippen molar-refractivity contribution in [2.45, 2.75) is 23.2 Å². The van der Waals surface area contributed by atoms with Crippen LogP contribution >= 0.6 is 27.7 Å². The van der Waals surface area contributed by atoms with Gasteiger partial charge in [0, 0.05) is 28.1 Å². The van der Waals surface area contributed by atoms with E-state index in [1.54, 1.807) is 25.3 Å². The zero-order valence-electron chi connectivity index (χ0n) is 15.9. The fourth-order valence-corrected chi connectivity index (χ4v) is 4.59. The van der Waals surface area contributed by atoms with E-state index in [1.165, 1.54) is 23.9 Å². The molecule has 1 aliphatic heterocycles. The van der Waals surface area contributed by atoms with Gasteiger partial charge in [0.05, 0.1) is 12.7 Å². The number of halogens is 2. The van der Waals surface area contributed by atoms with Gasteiger partial charge in [-0.25, -0.2) is 9.37 Å². The van der Waals surface area contributed by atoms with E-state index in [0.717, 1.165) is 15.6 Å². The highest BCUT2D eigenvalue weighted by Gasteiger charge is 2.32. The van der Waals surface area contributed by atoms with Crippen LogP contribution in [0.15, 0.2) is 56.9 Å². The van der Waals surface area contributed by atoms with Crippen LogP contribution in [-0.2, 0) is 10.5 Å². The molecule has 30 heavy (non-hydrogen) atoms. The third-order valence-electron chi connectivity index (χ3n) is 4.79. The minimum Gasteiger partial charge on any atom is -0.496 e. The minimum atomic E-state index is -0.478. The van der Waals surface area contributed by atoms with Crippen LogP contribution < -0.4 is 15.6 Å². The second-order valence-electron chi connectivity index (χ2n) is 6.74. The topological polar surface area (TPSA) is 84.1 Å². The number of aromatic amines is 1. The van der Waals surface area contributed by atoms with Gasteiger partial charge in [0.1, 0.15) is 17.4 Å². The van der Waals surface area contributed by atoms with Gasteiger partial charge in [-0.3, -0.25) is 9.59 Å². The third kappa shape index (κ3) is 4.27. The Labute approximate surface area is 184 Å². The molecule has 0 saturated carbocycles. The van der Waals surface area contributed by atoms with Crippen LogP contribution in [0, 0.1) is 5.82 Å². The molecular formula is C21H17BrFN3O3S. The molecule has 0 unspecified atom stereocenters. The maximum atomic E-state index is 13.1. The number of aromatic nitrogens is 2. The van der Waals surface area contributed by atoms with Crippen molar-refractivity contribution in [1.82, 2.24) is 9.97 Å². The molecule has 1 aliphatic rings. The molecule has 9 heteroatoms. The van der Waals surface area contributed by atoms with E-state index in [0.29, 0.717) is 22.2 Å². The van der Waals surface area contributed by atoms with Gasteiger partial charge >= 0.3 is 0 Å². The molecule has 2 aromatic carbocycles. The Bertz CT molecular complexity index is 1170. The summed E-state index contributed by atoms with van der Waals surface area (Å²) in [6.45, 7) is 0. The largest absolute Gasteiger partial charge is 0.496 e. The Morgan fingerprint density at radius 2 is 2.00 bits per heavy atom. The molecule has 0 aliphatic carbocycles. The van der Waals surface area contributed by atoms with Crippen molar-refractivity contribution in [3.8, 4) is 5.75 Å². The number of H-pyrrole nitrogens is 1. The molecule has 0 saturated heterocycles. The van der Waals surface area contributed by atoms with Crippen LogP contribution in [0.4, 0.5) is 10.2 Å². The molecule has 0 radical (unpaired) electrons. The normalized spacial score (nSPS) is 15.4. The number of amides is 1. The summed E-state index contributed by atoms with van der Waals surface area (Å²) in [5, 5.41) is 3.09. The van der Waals surface area contributed by atoms with E-state index in [-0.39, 0.29) is 29.5 Å². The molecule has 3 aromatic rings. The van der Waals surface area contributed by atoms with Gasteiger partial charge in [-0.1, -0.05) is 39.8 Å². The number of nitrogens with one attached hydrogen (secondary N) is 2. The molecule has 0 fully saturated rings. The van der Waals surface area contributed by atoms with Crippen molar-refractivity contribution in [1.29, 1.82) is 0 Å². The van der Waals surface area contributed by atoms with Gasteiger partial charge in [-0.15, -0.1) is 0 Å². The van der Waals surface area contributed by atoms with Gasteiger partial charge < -0.3 is 15.0 Å². The number of ether oxygens (including phenoxy) is 1. The molecule has 1 aromatic heterocycles. The number of hydrogen-bond donors (Lipinski definition) is 2. The van der Waals surface area contributed by atoms with E-state index in [4.69, 9.17) is 4.74 Å². The summed E-state index contributed by atoms with van der Waals surface area (Å²) in [5.74, 6) is 0.344. The van der Waals surface area contributed by atoms with Crippen molar-refractivity contribution in [2.75, 3.05) is 12.4 Å². The van der Waals surface area contributed by atoms with Crippen LogP contribution in [0.1, 0.15) is 29.0 Å². The predicted molar refractivity (Wildman–Crippen MR) is 117 cm³/mol. The average molecular weight is 490 g/mol. The van der Waals surface area contributed by atoms with Crippen molar-refractivity contribution in [3.63, 3.8) is 0 Å². The predicted octanol–water partition coefficient (Wildman–Crippen LogP) is 4.45. The van der Waals surface area contributed by atoms with Gasteiger partial charge in [0.15, 0.2) is 5.16 Å². The molecule has 2 heterocycles. The Morgan fingerprint density at radius 1 is 1.23 bits per heavy atom. The van der Waals surface area contributed by atoms with Crippen LogP contribution in [-0.4, -0.2) is 23.0 Å². The summed E-state index contributed by atoms with van der Waals surface area (Å²) >= 11 is 4.74. The lowest BCUT2D eigenvalue weighted by Gasteiger charge is -2.25. The Hall–Kier alpha value is -2.65. The van der Waals surface area contributed by atoms with Crippen molar-refractivity contribution in [3.05, 3.63) is 79.8 Å². The molecule has 4 rings (SSSR count). The highest BCUT2D eigenvalue weighted by Crippen LogP contribution is 2.39. The summed E-state index contributed by atoms with van der Waals surface area (Å²) in [6, 6.07) is 11.6. The number of methoxy groups -OCH3 is 1. The fourth-order valence-electron chi connectivity index (χ4n) is 3.39. The van der Waals surface area contributed by atoms with E-state index in [2.05, 4.69) is 31.2 Å². The first kappa shape index (κ1) is 20.6. The highest BCUT2D eigenvalue weighted by molar-refractivity contribution is 9.10. The lowest BCUT2D eigenvalue weighted by Crippen LogP contribution is -2.31. The molecule has 1 atom stereocenters. The van der Waals surface area contributed by atoms with Gasteiger partial charge in [-0.2, -0.15) is 0 Å². The van der Waals surface area contributed by atoms with Crippen molar-refractivity contribution >= 4 is 39.4 Å². The molecule has 1 amide bonds. The SMILES string of the molecule is COc1ccc(Br)cc1[C@@H]1CC(=O)Nc2nc(SCc3ccc(F)cc3)[nH]c(=O)c21. The highest BCUT2D eigenvalue weighted by atomic mass is 79.9. The Kier molecular flexibility index (Phi) is 5.92. The second kappa shape index (κ2) is 8.61. The van der Waals surface area contributed by atoms with Gasteiger partial charge in [0.2, 0.25) is 5.91 Å². The number of nitrogens with zero attached hydrogens (tertiary/aromatic N) is 1. The molecular weight excluding hydrogens is 473 g/mol. The fraction of sp³-hybridized carbons (Fsp3) is 0.190. The number of rotatable bonds is 5. The lowest BCUT2D eigenvalue weighted by atomic mass is 9.86. The standard InChI is InChI=1S/C21H17BrFN3O3S/c1-29-16-7-4-12(22)8-14(16)15-9-17(27)24-19-18(15)20(28)26-21(25-19)30-10-11-2-5-13(23)6-3-11/h2-8,15H,9-10H2,1H3,(H2,24,25,26,27,28)/t15-/m0/s1. The molecule has 0 bridgehead atoms. The maximum Gasteiger partial charge on any atom is 0.257 e.